The number of aromatic nitrogens is 1. The van der Waals surface area contributed by atoms with Gasteiger partial charge in [-0.3, -0.25) is 4.90 Å². The van der Waals surface area contributed by atoms with Gasteiger partial charge in [-0.05, 0) is 24.6 Å². The standard InChI is InChI=1S/C17H22N4/c1-14-12-20(13-15-6-3-2-4-7-15)10-11-21(14)17-16(18)8-5-9-19-17/h2-9,14H,10-13,18H2,1H3. The second kappa shape index (κ2) is 6.14. The maximum Gasteiger partial charge on any atom is 0.152 e. The predicted octanol–water partition coefficient (Wildman–Crippen LogP) is 2.37. The molecule has 0 radical (unpaired) electrons. The number of nitrogens with two attached hydrogens (primary N) is 1. The molecule has 2 N–H and O–H groups in total. The van der Waals surface area contributed by atoms with E-state index >= 15 is 0 Å². The van der Waals surface area contributed by atoms with Crippen LogP contribution in [0.3, 0.4) is 0 Å². The van der Waals surface area contributed by atoms with Crippen LogP contribution in [0.15, 0.2) is 48.7 Å². The van der Waals surface area contributed by atoms with E-state index in [1.165, 1.54) is 5.56 Å². The number of nitrogens with zero attached hydrogens (tertiary/aromatic N) is 3. The molecule has 3 rings (SSSR count). The number of nitrogen functional groups attached to an aromatic ring is 1. The fourth-order valence-electron chi connectivity index (χ4n) is 2.98. The minimum absolute atomic E-state index is 0.416. The first-order valence-electron chi connectivity index (χ1n) is 7.47. The van der Waals surface area contributed by atoms with Crippen LogP contribution in [0, 0.1) is 0 Å². The van der Waals surface area contributed by atoms with Crippen molar-refractivity contribution in [3.63, 3.8) is 0 Å². The second-order valence-corrected chi connectivity index (χ2v) is 5.68. The van der Waals surface area contributed by atoms with Gasteiger partial charge in [0, 0.05) is 38.4 Å². The average molecular weight is 282 g/mol. The Labute approximate surface area is 126 Å². The van der Waals surface area contributed by atoms with Crippen LogP contribution in [-0.2, 0) is 6.54 Å². The summed E-state index contributed by atoms with van der Waals surface area (Å²) in [6.45, 7) is 6.29. The van der Waals surface area contributed by atoms with E-state index in [9.17, 15) is 0 Å². The van der Waals surface area contributed by atoms with Gasteiger partial charge in [0.2, 0.25) is 0 Å². The van der Waals surface area contributed by atoms with E-state index in [1.54, 1.807) is 0 Å². The lowest BCUT2D eigenvalue weighted by atomic mass is 10.1. The lowest BCUT2D eigenvalue weighted by Crippen LogP contribution is -2.52. The molecule has 21 heavy (non-hydrogen) atoms. The summed E-state index contributed by atoms with van der Waals surface area (Å²) in [5.74, 6) is 0.921. The minimum Gasteiger partial charge on any atom is -0.396 e. The van der Waals surface area contributed by atoms with Crippen LogP contribution < -0.4 is 10.6 Å². The van der Waals surface area contributed by atoms with Crippen molar-refractivity contribution in [1.82, 2.24) is 9.88 Å². The van der Waals surface area contributed by atoms with Gasteiger partial charge in [-0.1, -0.05) is 30.3 Å². The Hall–Kier alpha value is -2.07. The van der Waals surface area contributed by atoms with Gasteiger partial charge in [-0.2, -0.15) is 0 Å². The SMILES string of the molecule is CC1CN(Cc2ccccc2)CCN1c1ncccc1N. The lowest BCUT2D eigenvalue weighted by Gasteiger charge is -2.41. The first kappa shape index (κ1) is 13.9. The third-order valence-electron chi connectivity index (χ3n) is 4.05. The summed E-state index contributed by atoms with van der Waals surface area (Å²) >= 11 is 0. The molecular weight excluding hydrogens is 260 g/mol. The van der Waals surface area contributed by atoms with E-state index in [0.29, 0.717) is 6.04 Å². The fourth-order valence-corrected chi connectivity index (χ4v) is 2.98. The van der Waals surface area contributed by atoms with Crippen LogP contribution in [0.4, 0.5) is 11.5 Å². The zero-order chi connectivity index (χ0) is 14.7. The molecule has 4 heteroatoms. The molecule has 110 valence electrons. The first-order chi connectivity index (χ1) is 10.2. The highest BCUT2D eigenvalue weighted by molar-refractivity contribution is 5.62. The highest BCUT2D eigenvalue weighted by Gasteiger charge is 2.25. The second-order valence-electron chi connectivity index (χ2n) is 5.68. The number of pyridine rings is 1. The summed E-state index contributed by atoms with van der Waals surface area (Å²) in [7, 11) is 0. The monoisotopic (exact) mass is 282 g/mol. The van der Waals surface area contributed by atoms with E-state index in [2.05, 4.69) is 52.0 Å². The molecule has 1 atom stereocenters. The summed E-state index contributed by atoms with van der Waals surface area (Å²) in [6.07, 6.45) is 1.81. The Kier molecular flexibility index (Phi) is 4.06. The van der Waals surface area contributed by atoms with Gasteiger partial charge < -0.3 is 10.6 Å². The van der Waals surface area contributed by atoms with Crippen LogP contribution in [0.5, 0.6) is 0 Å². The van der Waals surface area contributed by atoms with Crippen molar-refractivity contribution < 1.29 is 0 Å². The molecule has 0 aliphatic carbocycles. The first-order valence-corrected chi connectivity index (χ1v) is 7.47. The van der Waals surface area contributed by atoms with Gasteiger partial charge in [0.15, 0.2) is 5.82 Å². The molecule has 4 nitrogen and oxygen atoms in total. The van der Waals surface area contributed by atoms with E-state index in [0.717, 1.165) is 37.7 Å². The molecule has 1 aromatic carbocycles. The van der Waals surface area contributed by atoms with Crippen molar-refractivity contribution >= 4 is 11.5 Å². The molecule has 1 aliphatic rings. The van der Waals surface area contributed by atoms with Crippen molar-refractivity contribution in [3.8, 4) is 0 Å². The van der Waals surface area contributed by atoms with Gasteiger partial charge in [-0.25, -0.2) is 4.98 Å². The number of rotatable bonds is 3. The smallest absolute Gasteiger partial charge is 0.152 e. The van der Waals surface area contributed by atoms with Crippen LogP contribution >= 0.6 is 0 Å². The van der Waals surface area contributed by atoms with Crippen LogP contribution in [0.1, 0.15) is 12.5 Å². The molecule has 1 aromatic heterocycles. The van der Waals surface area contributed by atoms with E-state index < -0.39 is 0 Å². The van der Waals surface area contributed by atoms with Gasteiger partial charge >= 0.3 is 0 Å². The third-order valence-corrected chi connectivity index (χ3v) is 4.05. The van der Waals surface area contributed by atoms with Gasteiger partial charge in [0.05, 0.1) is 5.69 Å². The quantitative estimate of drug-likeness (QED) is 0.939. The summed E-state index contributed by atoms with van der Waals surface area (Å²) in [4.78, 5) is 9.26. The number of hydrogen-bond acceptors (Lipinski definition) is 4. The molecule has 1 unspecified atom stereocenters. The Bertz CT molecular complexity index is 584. The van der Waals surface area contributed by atoms with E-state index in [4.69, 9.17) is 5.73 Å². The molecule has 0 saturated carbocycles. The Balaban J connectivity index is 1.66. The zero-order valence-electron chi connectivity index (χ0n) is 12.4. The number of anilines is 2. The highest BCUT2D eigenvalue weighted by Crippen LogP contribution is 2.24. The predicted molar refractivity (Wildman–Crippen MR) is 87.2 cm³/mol. The maximum absolute atomic E-state index is 6.05. The van der Waals surface area contributed by atoms with Crippen molar-refractivity contribution in [2.75, 3.05) is 30.3 Å². The Morgan fingerprint density at radius 2 is 1.95 bits per heavy atom. The fraction of sp³-hybridized carbons (Fsp3) is 0.353. The highest BCUT2D eigenvalue weighted by atomic mass is 15.3. The number of piperazine rings is 1. The summed E-state index contributed by atoms with van der Waals surface area (Å²) in [5, 5.41) is 0. The molecular formula is C17H22N4. The van der Waals surface area contributed by atoms with Crippen LogP contribution in [0.25, 0.3) is 0 Å². The van der Waals surface area contributed by atoms with E-state index in [-0.39, 0.29) is 0 Å². The van der Waals surface area contributed by atoms with Gasteiger partial charge in [-0.15, -0.1) is 0 Å². The Morgan fingerprint density at radius 1 is 1.14 bits per heavy atom. The topological polar surface area (TPSA) is 45.4 Å². The van der Waals surface area contributed by atoms with Crippen LogP contribution in [0.2, 0.25) is 0 Å². The molecule has 1 fully saturated rings. The molecule has 1 aliphatic heterocycles. The molecule has 0 bridgehead atoms. The molecule has 1 saturated heterocycles. The number of benzene rings is 1. The molecule has 2 aromatic rings. The molecule has 2 heterocycles. The summed E-state index contributed by atoms with van der Waals surface area (Å²) in [6, 6.07) is 14.9. The van der Waals surface area contributed by atoms with Crippen molar-refractivity contribution in [1.29, 1.82) is 0 Å². The molecule has 0 amide bonds. The normalized spacial score (nSPS) is 19.7. The molecule has 0 spiro atoms. The van der Waals surface area contributed by atoms with Gasteiger partial charge in [0.1, 0.15) is 0 Å². The average Bonchev–Trinajstić information content (AvgIpc) is 2.50. The maximum atomic E-state index is 6.05. The summed E-state index contributed by atoms with van der Waals surface area (Å²) < 4.78 is 0. The van der Waals surface area contributed by atoms with E-state index in [1.807, 2.05) is 18.3 Å². The Morgan fingerprint density at radius 3 is 2.67 bits per heavy atom. The lowest BCUT2D eigenvalue weighted by molar-refractivity contribution is 0.220. The third kappa shape index (κ3) is 3.16. The zero-order valence-corrected chi connectivity index (χ0v) is 12.4. The van der Waals surface area contributed by atoms with Gasteiger partial charge in [0.25, 0.3) is 0 Å². The minimum atomic E-state index is 0.416. The van der Waals surface area contributed by atoms with Crippen molar-refractivity contribution in [3.05, 3.63) is 54.2 Å². The number of hydrogen-bond donors (Lipinski definition) is 1. The van der Waals surface area contributed by atoms with Crippen molar-refractivity contribution in [2.45, 2.75) is 19.5 Å². The van der Waals surface area contributed by atoms with Crippen molar-refractivity contribution in [2.24, 2.45) is 0 Å². The van der Waals surface area contributed by atoms with Crippen LogP contribution in [-0.4, -0.2) is 35.6 Å². The largest absolute Gasteiger partial charge is 0.396 e. The summed E-state index contributed by atoms with van der Waals surface area (Å²) in [5.41, 5.74) is 8.19.